The third-order valence-corrected chi connectivity index (χ3v) is 3.60. The van der Waals surface area contributed by atoms with Crippen molar-refractivity contribution in [1.29, 1.82) is 0 Å². The van der Waals surface area contributed by atoms with E-state index in [0.717, 1.165) is 24.0 Å². The van der Waals surface area contributed by atoms with Crippen LogP contribution < -0.4 is 0 Å². The standard InChI is InChI=1S/C14H17ClO2/c1-10-2-3-12(13(15)8-10)9-14(16)11-4-6-17-7-5-11/h2-3,8,11H,4-7,9H2,1H3. The van der Waals surface area contributed by atoms with Crippen molar-refractivity contribution in [3.05, 3.63) is 34.3 Å². The Bertz CT molecular complexity index is 409. The van der Waals surface area contributed by atoms with Crippen molar-refractivity contribution in [2.45, 2.75) is 26.2 Å². The fourth-order valence-corrected chi connectivity index (χ4v) is 2.45. The first-order valence-corrected chi connectivity index (χ1v) is 6.40. The average Bonchev–Trinajstić information content (AvgIpc) is 2.34. The van der Waals surface area contributed by atoms with E-state index in [1.165, 1.54) is 0 Å². The molecule has 0 amide bonds. The van der Waals surface area contributed by atoms with Crippen LogP contribution in [-0.4, -0.2) is 19.0 Å². The predicted molar refractivity (Wildman–Crippen MR) is 68.4 cm³/mol. The van der Waals surface area contributed by atoms with E-state index in [4.69, 9.17) is 16.3 Å². The Balaban J connectivity index is 2.02. The van der Waals surface area contributed by atoms with Gasteiger partial charge in [0.05, 0.1) is 0 Å². The van der Waals surface area contributed by atoms with Crippen LogP contribution in [0.5, 0.6) is 0 Å². The van der Waals surface area contributed by atoms with Crippen LogP contribution in [0.3, 0.4) is 0 Å². The summed E-state index contributed by atoms with van der Waals surface area (Å²) < 4.78 is 5.26. The Morgan fingerprint density at radius 1 is 1.41 bits per heavy atom. The van der Waals surface area contributed by atoms with Gasteiger partial charge in [-0.1, -0.05) is 23.7 Å². The molecule has 1 aliphatic rings. The minimum absolute atomic E-state index is 0.154. The Kier molecular flexibility index (Phi) is 4.19. The normalized spacial score (nSPS) is 17.1. The number of rotatable bonds is 3. The third-order valence-electron chi connectivity index (χ3n) is 3.25. The number of ketones is 1. The summed E-state index contributed by atoms with van der Waals surface area (Å²) in [6.45, 7) is 3.41. The maximum absolute atomic E-state index is 12.1. The van der Waals surface area contributed by atoms with Crippen LogP contribution in [0, 0.1) is 12.8 Å². The molecule has 0 bridgehead atoms. The first-order chi connectivity index (χ1) is 8.16. The molecule has 0 radical (unpaired) electrons. The van der Waals surface area contributed by atoms with E-state index in [0.29, 0.717) is 30.4 Å². The molecule has 3 heteroatoms. The van der Waals surface area contributed by atoms with Gasteiger partial charge in [0.25, 0.3) is 0 Å². The third kappa shape index (κ3) is 3.30. The molecule has 0 atom stereocenters. The van der Waals surface area contributed by atoms with Crippen molar-refractivity contribution >= 4 is 17.4 Å². The molecule has 1 aromatic carbocycles. The lowest BCUT2D eigenvalue weighted by atomic mass is 9.91. The highest BCUT2D eigenvalue weighted by molar-refractivity contribution is 6.31. The fourth-order valence-electron chi connectivity index (χ4n) is 2.15. The number of carbonyl (C=O) groups excluding carboxylic acids is 1. The van der Waals surface area contributed by atoms with Crippen LogP contribution in [0.1, 0.15) is 24.0 Å². The minimum Gasteiger partial charge on any atom is -0.381 e. The zero-order valence-corrected chi connectivity index (χ0v) is 10.8. The molecule has 0 spiro atoms. The summed E-state index contributed by atoms with van der Waals surface area (Å²) in [5, 5.41) is 0.699. The van der Waals surface area contributed by atoms with Gasteiger partial charge in [-0.3, -0.25) is 4.79 Å². The van der Waals surface area contributed by atoms with Crippen molar-refractivity contribution in [2.24, 2.45) is 5.92 Å². The van der Waals surface area contributed by atoms with Crippen LogP contribution in [0.2, 0.25) is 5.02 Å². The Labute approximate surface area is 107 Å². The van der Waals surface area contributed by atoms with Crippen LogP contribution >= 0.6 is 11.6 Å². The molecule has 92 valence electrons. The van der Waals surface area contributed by atoms with Crippen LogP contribution in [0.15, 0.2) is 18.2 Å². The maximum atomic E-state index is 12.1. The monoisotopic (exact) mass is 252 g/mol. The van der Waals surface area contributed by atoms with Crippen LogP contribution in [0.25, 0.3) is 0 Å². The molecule has 0 N–H and O–H groups in total. The van der Waals surface area contributed by atoms with Crippen LogP contribution in [0.4, 0.5) is 0 Å². The molecule has 1 fully saturated rings. The second-order valence-corrected chi connectivity index (χ2v) is 5.03. The summed E-state index contributed by atoms with van der Waals surface area (Å²) in [7, 11) is 0. The smallest absolute Gasteiger partial charge is 0.140 e. The summed E-state index contributed by atoms with van der Waals surface area (Å²) in [6.07, 6.45) is 2.15. The van der Waals surface area contributed by atoms with E-state index in [1.807, 2.05) is 25.1 Å². The zero-order chi connectivity index (χ0) is 12.3. The van der Waals surface area contributed by atoms with Gasteiger partial charge >= 0.3 is 0 Å². The van der Waals surface area contributed by atoms with Gasteiger partial charge in [0.2, 0.25) is 0 Å². The summed E-state index contributed by atoms with van der Waals surface area (Å²) in [4.78, 5) is 12.1. The molecule has 17 heavy (non-hydrogen) atoms. The predicted octanol–water partition coefficient (Wildman–Crippen LogP) is 3.19. The molecular formula is C14H17ClO2. The summed E-state index contributed by atoms with van der Waals surface area (Å²) in [5.74, 6) is 0.445. The zero-order valence-electron chi connectivity index (χ0n) is 10.0. The topological polar surface area (TPSA) is 26.3 Å². The lowest BCUT2D eigenvalue weighted by Gasteiger charge is -2.21. The number of carbonyl (C=O) groups is 1. The van der Waals surface area contributed by atoms with Crippen molar-refractivity contribution < 1.29 is 9.53 Å². The highest BCUT2D eigenvalue weighted by Gasteiger charge is 2.22. The number of ether oxygens (including phenoxy) is 1. The van der Waals surface area contributed by atoms with E-state index >= 15 is 0 Å². The number of hydrogen-bond acceptors (Lipinski definition) is 2. The first kappa shape index (κ1) is 12.6. The Hall–Kier alpha value is -0.860. The summed E-state index contributed by atoms with van der Waals surface area (Å²) in [5.41, 5.74) is 2.06. The first-order valence-electron chi connectivity index (χ1n) is 6.02. The molecule has 0 aliphatic carbocycles. The van der Waals surface area contributed by atoms with E-state index in [2.05, 4.69) is 0 Å². The fraction of sp³-hybridized carbons (Fsp3) is 0.500. The quantitative estimate of drug-likeness (QED) is 0.826. The van der Waals surface area contributed by atoms with E-state index in [9.17, 15) is 4.79 Å². The molecular weight excluding hydrogens is 236 g/mol. The molecule has 1 heterocycles. The van der Waals surface area contributed by atoms with Crippen molar-refractivity contribution in [1.82, 2.24) is 0 Å². The van der Waals surface area contributed by atoms with E-state index in [1.54, 1.807) is 0 Å². The second kappa shape index (κ2) is 5.65. The molecule has 2 nitrogen and oxygen atoms in total. The SMILES string of the molecule is Cc1ccc(CC(=O)C2CCOCC2)c(Cl)c1. The number of halogens is 1. The van der Waals surface area contributed by atoms with Gasteiger partial charge in [0.1, 0.15) is 5.78 Å². The largest absolute Gasteiger partial charge is 0.381 e. The summed E-state index contributed by atoms with van der Waals surface area (Å²) >= 11 is 6.14. The lowest BCUT2D eigenvalue weighted by molar-refractivity contribution is -0.125. The molecule has 0 aromatic heterocycles. The van der Waals surface area contributed by atoms with Gasteiger partial charge in [0.15, 0.2) is 0 Å². The average molecular weight is 253 g/mol. The molecule has 0 unspecified atom stereocenters. The number of hydrogen-bond donors (Lipinski definition) is 0. The van der Waals surface area contributed by atoms with Gasteiger partial charge in [-0.05, 0) is 37.0 Å². The van der Waals surface area contributed by atoms with Crippen LogP contribution in [-0.2, 0) is 16.0 Å². The van der Waals surface area contributed by atoms with E-state index in [-0.39, 0.29) is 5.92 Å². The van der Waals surface area contributed by atoms with Gasteiger partial charge in [-0.15, -0.1) is 0 Å². The van der Waals surface area contributed by atoms with Gasteiger partial charge in [-0.25, -0.2) is 0 Å². The van der Waals surface area contributed by atoms with E-state index < -0.39 is 0 Å². The minimum atomic E-state index is 0.154. The van der Waals surface area contributed by atoms with Crippen molar-refractivity contribution in [2.75, 3.05) is 13.2 Å². The molecule has 1 aromatic rings. The summed E-state index contributed by atoms with van der Waals surface area (Å²) in [6, 6.07) is 5.86. The van der Waals surface area contributed by atoms with Gasteiger partial charge in [-0.2, -0.15) is 0 Å². The molecule has 2 rings (SSSR count). The van der Waals surface area contributed by atoms with Crippen molar-refractivity contribution in [3.63, 3.8) is 0 Å². The molecule has 0 saturated carbocycles. The number of aryl methyl sites for hydroxylation is 1. The Morgan fingerprint density at radius 2 is 2.12 bits per heavy atom. The Morgan fingerprint density at radius 3 is 2.76 bits per heavy atom. The number of benzene rings is 1. The molecule has 1 aliphatic heterocycles. The highest BCUT2D eigenvalue weighted by Crippen LogP contribution is 2.22. The molecule has 1 saturated heterocycles. The highest BCUT2D eigenvalue weighted by atomic mass is 35.5. The van der Waals surface area contributed by atoms with Gasteiger partial charge in [0, 0.05) is 30.6 Å². The van der Waals surface area contributed by atoms with Crippen molar-refractivity contribution in [3.8, 4) is 0 Å². The lowest BCUT2D eigenvalue weighted by Crippen LogP contribution is -2.24. The van der Waals surface area contributed by atoms with Gasteiger partial charge < -0.3 is 4.74 Å². The number of Topliss-reactive ketones (excluding diaryl/α,β-unsaturated/α-hetero) is 1. The maximum Gasteiger partial charge on any atom is 0.140 e. The second-order valence-electron chi connectivity index (χ2n) is 4.62.